The van der Waals surface area contributed by atoms with E-state index in [1.165, 1.54) is 10.9 Å². The molecule has 19 heavy (non-hydrogen) atoms. The van der Waals surface area contributed by atoms with Crippen LogP contribution in [0.4, 0.5) is 8.78 Å². The molecule has 1 aromatic rings. The van der Waals surface area contributed by atoms with Crippen LogP contribution in [-0.2, 0) is 11.8 Å². The summed E-state index contributed by atoms with van der Waals surface area (Å²) in [5.41, 5.74) is -0.0332. The lowest BCUT2D eigenvalue weighted by molar-refractivity contribution is -0.141. The predicted octanol–water partition coefficient (Wildman–Crippen LogP) is 0.363. The van der Waals surface area contributed by atoms with E-state index in [4.69, 9.17) is 0 Å². The fraction of sp³-hybridized carbons (Fsp3) is 0.545. The van der Waals surface area contributed by atoms with Gasteiger partial charge in [-0.2, -0.15) is 13.9 Å². The van der Waals surface area contributed by atoms with E-state index in [1.54, 1.807) is 7.05 Å². The van der Waals surface area contributed by atoms with Crippen LogP contribution in [-0.4, -0.2) is 45.6 Å². The molecule has 1 atom stereocenters. The Hall–Kier alpha value is -1.83. The number of carbonyl (C=O) groups excluding carboxylic acids is 2. The maximum Gasteiger partial charge on any atom is 0.324 e. The number of hydrogen-bond donors (Lipinski definition) is 1. The molecule has 2 rings (SSSR count). The third-order valence-electron chi connectivity index (χ3n) is 2.96. The smallest absolute Gasteiger partial charge is 0.306 e. The molecule has 1 aliphatic heterocycles. The highest BCUT2D eigenvalue weighted by atomic mass is 19.3. The third kappa shape index (κ3) is 2.78. The summed E-state index contributed by atoms with van der Waals surface area (Å²) in [6, 6.07) is -0.713. The summed E-state index contributed by atoms with van der Waals surface area (Å²) >= 11 is 0. The summed E-state index contributed by atoms with van der Waals surface area (Å²) in [5.74, 6) is -1.91. The summed E-state index contributed by atoms with van der Waals surface area (Å²) in [4.78, 5) is 23.9. The minimum Gasteiger partial charge on any atom is -0.306 e. The van der Waals surface area contributed by atoms with E-state index in [0.717, 1.165) is 12.6 Å². The number of imide groups is 1. The van der Waals surface area contributed by atoms with Crippen molar-refractivity contribution in [3.63, 3.8) is 0 Å². The molecule has 2 heterocycles. The molecule has 6 nitrogen and oxygen atoms in total. The van der Waals surface area contributed by atoms with Crippen molar-refractivity contribution < 1.29 is 18.4 Å². The molecule has 2 amide bonds. The van der Waals surface area contributed by atoms with Gasteiger partial charge in [0.15, 0.2) is 0 Å². The molecule has 0 saturated carbocycles. The van der Waals surface area contributed by atoms with Crippen LogP contribution in [0, 0.1) is 0 Å². The third-order valence-corrected chi connectivity index (χ3v) is 2.96. The zero-order valence-electron chi connectivity index (χ0n) is 10.3. The molecule has 0 radical (unpaired) electrons. The van der Waals surface area contributed by atoms with Crippen LogP contribution in [0.2, 0.25) is 0 Å². The number of nitrogens with one attached hydrogen (secondary N) is 1. The first-order valence-corrected chi connectivity index (χ1v) is 5.88. The molecule has 0 aromatic carbocycles. The van der Waals surface area contributed by atoms with Crippen LogP contribution in [0.25, 0.3) is 0 Å². The van der Waals surface area contributed by atoms with Crippen molar-refractivity contribution in [1.82, 2.24) is 20.0 Å². The fourth-order valence-corrected chi connectivity index (χ4v) is 2.02. The van der Waals surface area contributed by atoms with E-state index >= 15 is 0 Å². The van der Waals surface area contributed by atoms with Crippen LogP contribution in [0.3, 0.4) is 0 Å². The second kappa shape index (κ2) is 5.43. The number of alkyl halides is 2. The number of aromatic nitrogens is 2. The number of hydrogen-bond acceptors (Lipinski definition) is 4. The molecule has 104 valence electrons. The first-order chi connectivity index (χ1) is 9.00. The van der Waals surface area contributed by atoms with Gasteiger partial charge in [0.2, 0.25) is 0 Å². The van der Waals surface area contributed by atoms with Crippen molar-refractivity contribution in [2.75, 3.05) is 6.54 Å². The predicted molar refractivity (Wildman–Crippen MR) is 61.4 cm³/mol. The summed E-state index contributed by atoms with van der Waals surface area (Å²) in [6.45, 7) is -2.57. The van der Waals surface area contributed by atoms with Crippen molar-refractivity contribution in [1.29, 1.82) is 0 Å². The minimum atomic E-state index is -3.16. The van der Waals surface area contributed by atoms with E-state index in [2.05, 4.69) is 10.4 Å². The zero-order chi connectivity index (χ0) is 14.0. The first kappa shape index (κ1) is 13.6. The van der Waals surface area contributed by atoms with E-state index in [-0.39, 0.29) is 10.5 Å². The molecular formula is C11H14F2N4O2. The first-order valence-electron chi connectivity index (χ1n) is 5.88. The van der Waals surface area contributed by atoms with Crippen LogP contribution in [0.15, 0.2) is 12.4 Å². The highest BCUT2D eigenvalue weighted by molar-refractivity contribution is 6.06. The van der Waals surface area contributed by atoms with Gasteiger partial charge < -0.3 is 5.32 Å². The second-order valence-corrected chi connectivity index (χ2v) is 4.34. The number of carbonyl (C=O) groups is 2. The lowest BCUT2D eigenvalue weighted by Crippen LogP contribution is -2.49. The Bertz CT molecular complexity index is 483. The van der Waals surface area contributed by atoms with Crippen LogP contribution in [0.5, 0.6) is 0 Å². The van der Waals surface area contributed by atoms with Gasteiger partial charge in [0.25, 0.3) is 11.8 Å². The Kier molecular flexibility index (Phi) is 3.89. The molecule has 1 N–H and O–H groups in total. The number of nitrogens with zero attached hydrogens (tertiary/aromatic N) is 3. The Morgan fingerprint density at radius 2 is 2.32 bits per heavy atom. The van der Waals surface area contributed by atoms with Crippen molar-refractivity contribution in [3.05, 3.63) is 18.0 Å². The molecule has 1 fully saturated rings. The van der Waals surface area contributed by atoms with Gasteiger partial charge >= 0.3 is 6.55 Å². The molecule has 0 aliphatic carbocycles. The summed E-state index contributed by atoms with van der Waals surface area (Å²) < 4.78 is 27.3. The average molecular weight is 272 g/mol. The number of rotatable bonds is 3. The van der Waals surface area contributed by atoms with Crippen molar-refractivity contribution >= 4 is 11.8 Å². The zero-order valence-corrected chi connectivity index (χ0v) is 10.3. The van der Waals surface area contributed by atoms with Gasteiger partial charge in [0, 0.05) is 13.2 Å². The summed E-state index contributed by atoms with van der Waals surface area (Å²) in [7, 11) is 1.56. The molecule has 1 saturated heterocycles. The maximum absolute atomic E-state index is 13.0. The lowest BCUT2D eigenvalue weighted by atomic mass is 10.2. The molecule has 0 bridgehead atoms. The standard InChI is InChI=1S/C11H14F2N4O2/c1-16-6-7(5-15-16)9(18)17(11(12)13)10(19)8-3-2-4-14-8/h5-6,8,11,14H,2-4H2,1H3/t8-/m0/s1. The normalized spacial score (nSPS) is 18.8. The molecule has 0 spiro atoms. The van der Waals surface area contributed by atoms with Gasteiger partial charge in [-0.05, 0) is 19.4 Å². The largest absolute Gasteiger partial charge is 0.324 e. The van der Waals surface area contributed by atoms with Gasteiger partial charge in [-0.1, -0.05) is 0 Å². The highest BCUT2D eigenvalue weighted by Gasteiger charge is 2.36. The Balaban J connectivity index is 2.19. The number of aryl methyl sites for hydroxylation is 1. The number of amides is 2. The average Bonchev–Trinajstić information content (AvgIpc) is 2.98. The molecule has 8 heteroatoms. The minimum absolute atomic E-state index is 0. The SMILES string of the molecule is Cn1cc(C(=O)N(C(=O)[C@@H]2CCCN2)C(F)F)cn1. The molecule has 1 aliphatic rings. The van der Waals surface area contributed by atoms with E-state index in [0.29, 0.717) is 13.0 Å². The van der Waals surface area contributed by atoms with Gasteiger partial charge in [-0.3, -0.25) is 14.3 Å². The quantitative estimate of drug-likeness (QED) is 0.637. The Morgan fingerprint density at radius 1 is 1.58 bits per heavy atom. The topological polar surface area (TPSA) is 67.2 Å². The van der Waals surface area contributed by atoms with Crippen molar-refractivity contribution in [3.8, 4) is 0 Å². The van der Waals surface area contributed by atoms with Gasteiger partial charge in [-0.25, -0.2) is 4.90 Å². The summed E-state index contributed by atoms with van der Waals surface area (Å²) in [5, 5.41) is 6.54. The van der Waals surface area contributed by atoms with Crippen LogP contribution < -0.4 is 5.32 Å². The molecular weight excluding hydrogens is 258 g/mol. The van der Waals surface area contributed by atoms with Crippen molar-refractivity contribution in [2.24, 2.45) is 7.05 Å². The van der Waals surface area contributed by atoms with Crippen molar-refractivity contribution in [2.45, 2.75) is 25.4 Å². The molecule has 0 unspecified atom stereocenters. The van der Waals surface area contributed by atoms with Gasteiger partial charge in [0.1, 0.15) is 0 Å². The lowest BCUT2D eigenvalue weighted by Gasteiger charge is -2.22. The van der Waals surface area contributed by atoms with Crippen LogP contribution >= 0.6 is 0 Å². The maximum atomic E-state index is 13.0. The Labute approximate surface area is 108 Å². The van der Waals surface area contributed by atoms with Gasteiger partial charge in [0.05, 0.1) is 17.8 Å². The fourth-order valence-electron chi connectivity index (χ4n) is 2.02. The summed E-state index contributed by atoms with van der Waals surface area (Å²) in [6.07, 6.45) is 3.65. The Morgan fingerprint density at radius 3 is 2.79 bits per heavy atom. The van der Waals surface area contributed by atoms with E-state index in [1.807, 2.05) is 0 Å². The van der Waals surface area contributed by atoms with Gasteiger partial charge in [-0.15, -0.1) is 0 Å². The van der Waals surface area contributed by atoms with E-state index in [9.17, 15) is 18.4 Å². The second-order valence-electron chi connectivity index (χ2n) is 4.34. The van der Waals surface area contributed by atoms with Crippen LogP contribution in [0.1, 0.15) is 23.2 Å². The monoisotopic (exact) mass is 272 g/mol. The van der Waals surface area contributed by atoms with E-state index < -0.39 is 24.4 Å². The highest BCUT2D eigenvalue weighted by Crippen LogP contribution is 2.16. The molecule has 1 aromatic heterocycles. The number of halogens is 2.